The van der Waals surface area contributed by atoms with E-state index in [0.29, 0.717) is 12.0 Å². The first kappa shape index (κ1) is 12.1. The highest BCUT2D eigenvalue weighted by molar-refractivity contribution is 5.14. The molecular weight excluding hydrogens is 191 g/mol. The number of nitrogens with one attached hydrogen (secondary N) is 1. The second-order valence-corrected chi connectivity index (χ2v) is 4.24. The summed E-state index contributed by atoms with van der Waals surface area (Å²) in [4.78, 5) is 3.85. The van der Waals surface area contributed by atoms with Gasteiger partial charge in [0.2, 0.25) is 0 Å². The summed E-state index contributed by atoms with van der Waals surface area (Å²) < 4.78 is 12.9. The Hall–Kier alpha value is -0.960. The van der Waals surface area contributed by atoms with Crippen LogP contribution in [-0.2, 0) is 0 Å². The zero-order valence-corrected chi connectivity index (χ0v) is 9.63. The Morgan fingerprint density at radius 2 is 2.07 bits per heavy atom. The smallest absolute Gasteiger partial charge is 0.141 e. The molecule has 0 aliphatic carbocycles. The van der Waals surface area contributed by atoms with Crippen LogP contribution in [0.4, 0.5) is 4.39 Å². The van der Waals surface area contributed by atoms with Crippen LogP contribution < -0.4 is 5.32 Å². The number of halogens is 1. The molecule has 1 unspecified atom stereocenters. The summed E-state index contributed by atoms with van der Waals surface area (Å²) in [6, 6.07) is 2.07. The van der Waals surface area contributed by atoms with Gasteiger partial charge < -0.3 is 5.32 Å². The monoisotopic (exact) mass is 210 g/mol. The third kappa shape index (κ3) is 4.38. The Morgan fingerprint density at radius 3 is 2.67 bits per heavy atom. The molecule has 0 saturated heterocycles. The topological polar surface area (TPSA) is 24.9 Å². The summed E-state index contributed by atoms with van der Waals surface area (Å²) in [5.74, 6) is 0.0932. The normalized spacial score (nSPS) is 13.1. The van der Waals surface area contributed by atoms with E-state index in [-0.39, 0.29) is 5.82 Å². The fourth-order valence-electron chi connectivity index (χ4n) is 1.45. The standard InChI is InChI=1S/C12H19FN2/c1-9(2)15-5-4-10(3)11-6-12(13)8-14-7-11/h6-10,15H,4-5H2,1-3H3. The van der Waals surface area contributed by atoms with Crippen molar-refractivity contribution in [3.63, 3.8) is 0 Å². The first-order chi connectivity index (χ1) is 7.09. The van der Waals surface area contributed by atoms with Gasteiger partial charge in [0.15, 0.2) is 0 Å². The molecule has 0 saturated carbocycles. The number of pyridine rings is 1. The molecule has 15 heavy (non-hydrogen) atoms. The Bertz CT molecular complexity index is 299. The molecule has 1 N–H and O–H groups in total. The van der Waals surface area contributed by atoms with E-state index in [0.717, 1.165) is 18.5 Å². The van der Waals surface area contributed by atoms with Gasteiger partial charge in [-0.25, -0.2) is 4.39 Å². The molecule has 1 rings (SSSR count). The predicted molar refractivity (Wildman–Crippen MR) is 60.4 cm³/mol. The number of rotatable bonds is 5. The second kappa shape index (κ2) is 5.81. The Labute approximate surface area is 90.9 Å². The van der Waals surface area contributed by atoms with Crippen LogP contribution in [0.15, 0.2) is 18.5 Å². The molecule has 0 aliphatic rings. The van der Waals surface area contributed by atoms with Gasteiger partial charge in [-0.1, -0.05) is 20.8 Å². The van der Waals surface area contributed by atoms with Crippen molar-refractivity contribution in [1.29, 1.82) is 0 Å². The van der Waals surface area contributed by atoms with Gasteiger partial charge >= 0.3 is 0 Å². The maximum absolute atomic E-state index is 12.9. The maximum atomic E-state index is 12.9. The van der Waals surface area contributed by atoms with Gasteiger partial charge in [-0.15, -0.1) is 0 Å². The van der Waals surface area contributed by atoms with Crippen LogP contribution in [-0.4, -0.2) is 17.6 Å². The van der Waals surface area contributed by atoms with Gasteiger partial charge in [0.05, 0.1) is 6.20 Å². The molecule has 84 valence electrons. The summed E-state index contributed by atoms with van der Waals surface area (Å²) in [7, 11) is 0. The van der Waals surface area contributed by atoms with Gasteiger partial charge in [-0.05, 0) is 30.5 Å². The predicted octanol–water partition coefficient (Wildman–Crippen LogP) is 2.71. The summed E-state index contributed by atoms with van der Waals surface area (Å²) >= 11 is 0. The van der Waals surface area contributed by atoms with E-state index in [4.69, 9.17) is 0 Å². The lowest BCUT2D eigenvalue weighted by Gasteiger charge is -2.13. The molecule has 2 nitrogen and oxygen atoms in total. The first-order valence-corrected chi connectivity index (χ1v) is 5.43. The van der Waals surface area contributed by atoms with Crippen LogP contribution in [0.5, 0.6) is 0 Å². The molecule has 0 fully saturated rings. The van der Waals surface area contributed by atoms with E-state index >= 15 is 0 Å². The molecule has 0 aliphatic heterocycles. The number of aromatic nitrogens is 1. The molecule has 1 heterocycles. The fourth-order valence-corrected chi connectivity index (χ4v) is 1.45. The van der Waals surface area contributed by atoms with Crippen LogP contribution in [0.2, 0.25) is 0 Å². The van der Waals surface area contributed by atoms with Crippen LogP contribution >= 0.6 is 0 Å². The number of hydrogen-bond acceptors (Lipinski definition) is 2. The van der Waals surface area contributed by atoms with E-state index in [1.807, 2.05) is 0 Å². The van der Waals surface area contributed by atoms with Gasteiger partial charge in [0.1, 0.15) is 5.82 Å². The van der Waals surface area contributed by atoms with E-state index < -0.39 is 0 Å². The first-order valence-electron chi connectivity index (χ1n) is 5.43. The highest BCUT2D eigenvalue weighted by Gasteiger charge is 2.06. The van der Waals surface area contributed by atoms with Crippen molar-refractivity contribution in [3.8, 4) is 0 Å². The summed E-state index contributed by atoms with van der Waals surface area (Å²) in [6.45, 7) is 7.29. The van der Waals surface area contributed by atoms with Crippen LogP contribution in [0.3, 0.4) is 0 Å². The van der Waals surface area contributed by atoms with Crippen LogP contribution in [0, 0.1) is 5.82 Å². The zero-order valence-electron chi connectivity index (χ0n) is 9.63. The molecule has 0 aromatic carbocycles. The van der Waals surface area contributed by atoms with Gasteiger partial charge in [0, 0.05) is 12.2 Å². The lowest BCUT2D eigenvalue weighted by Crippen LogP contribution is -2.24. The Morgan fingerprint density at radius 1 is 1.33 bits per heavy atom. The average molecular weight is 210 g/mol. The van der Waals surface area contributed by atoms with Crippen molar-refractivity contribution < 1.29 is 4.39 Å². The highest BCUT2D eigenvalue weighted by atomic mass is 19.1. The minimum absolute atomic E-state index is 0.254. The van der Waals surface area contributed by atoms with Crippen molar-refractivity contribution in [2.75, 3.05) is 6.54 Å². The Balaban J connectivity index is 2.43. The molecule has 1 atom stereocenters. The number of hydrogen-bond donors (Lipinski definition) is 1. The van der Waals surface area contributed by atoms with E-state index in [2.05, 4.69) is 31.1 Å². The minimum atomic E-state index is -0.254. The van der Waals surface area contributed by atoms with E-state index in [9.17, 15) is 4.39 Å². The second-order valence-electron chi connectivity index (χ2n) is 4.24. The summed E-state index contributed by atoms with van der Waals surface area (Å²) in [5, 5.41) is 3.35. The minimum Gasteiger partial charge on any atom is -0.315 e. The highest BCUT2D eigenvalue weighted by Crippen LogP contribution is 2.17. The molecule has 3 heteroatoms. The molecule has 1 aromatic heterocycles. The molecular formula is C12H19FN2. The van der Waals surface area contributed by atoms with Crippen molar-refractivity contribution in [3.05, 3.63) is 29.8 Å². The average Bonchev–Trinajstić information content (AvgIpc) is 2.17. The van der Waals surface area contributed by atoms with Gasteiger partial charge in [-0.3, -0.25) is 4.98 Å². The number of nitrogens with zero attached hydrogens (tertiary/aromatic N) is 1. The molecule has 0 bridgehead atoms. The largest absolute Gasteiger partial charge is 0.315 e. The molecule has 0 spiro atoms. The van der Waals surface area contributed by atoms with E-state index in [1.54, 1.807) is 12.3 Å². The SMILES string of the molecule is CC(C)NCCC(C)c1cncc(F)c1. The van der Waals surface area contributed by atoms with Crippen molar-refractivity contribution in [2.24, 2.45) is 0 Å². The van der Waals surface area contributed by atoms with Gasteiger partial charge in [-0.2, -0.15) is 0 Å². The van der Waals surface area contributed by atoms with Crippen molar-refractivity contribution >= 4 is 0 Å². The lowest BCUT2D eigenvalue weighted by molar-refractivity contribution is 0.537. The summed E-state index contributed by atoms with van der Waals surface area (Å²) in [6.07, 6.45) is 3.98. The molecule has 0 amide bonds. The Kier molecular flexibility index (Phi) is 4.69. The van der Waals surface area contributed by atoms with E-state index in [1.165, 1.54) is 6.20 Å². The van der Waals surface area contributed by atoms with Crippen molar-refractivity contribution in [1.82, 2.24) is 10.3 Å². The fraction of sp³-hybridized carbons (Fsp3) is 0.583. The van der Waals surface area contributed by atoms with Crippen LogP contribution in [0.25, 0.3) is 0 Å². The van der Waals surface area contributed by atoms with Crippen molar-refractivity contribution in [2.45, 2.75) is 39.2 Å². The molecule has 0 radical (unpaired) electrons. The third-order valence-electron chi connectivity index (χ3n) is 2.42. The quantitative estimate of drug-likeness (QED) is 0.808. The van der Waals surface area contributed by atoms with Crippen LogP contribution in [0.1, 0.15) is 38.7 Å². The zero-order chi connectivity index (χ0) is 11.3. The maximum Gasteiger partial charge on any atom is 0.141 e. The lowest BCUT2D eigenvalue weighted by atomic mass is 9.99. The summed E-state index contributed by atoms with van der Waals surface area (Å²) in [5.41, 5.74) is 0.973. The van der Waals surface area contributed by atoms with Gasteiger partial charge in [0.25, 0.3) is 0 Å². The third-order valence-corrected chi connectivity index (χ3v) is 2.42. The molecule has 1 aromatic rings.